The van der Waals surface area contributed by atoms with Crippen molar-refractivity contribution in [2.24, 2.45) is 0 Å². The van der Waals surface area contributed by atoms with E-state index in [9.17, 15) is 0 Å². The number of nitrogens with zero attached hydrogens (tertiary/aromatic N) is 1. The number of fused-ring (bicyclic) bond motifs is 9. The fourth-order valence-corrected chi connectivity index (χ4v) is 7.24. The van der Waals surface area contributed by atoms with Gasteiger partial charge in [0, 0.05) is 38.6 Å². The summed E-state index contributed by atoms with van der Waals surface area (Å²) >= 11 is 0. The zero-order valence-corrected chi connectivity index (χ0v) is 25.4. The van der Waals surface area contributed by atoms with Gasteiger partial charge in [0.1, 0.15) is 22.3 Å². The van der Waals surface area contributed by atoms with Gasteiger partial charge < -0.3 is 13.7 Å². The summed E-state index contributed by atoms with van der Waals surface area (Å²) in [4.78, 5) is 2.32. The van der Waals surface area contributed by atoms with Crippen LogP contribution in [0.3, 0.4) is 0 Å². The van der Waals surface area contributed by atoms with Gasteiger partial charge in [-0.3, -0.25) is 0 Å². The molecular weight excluding hydrogens is 574 g/mol. The number of benzene rings is 8. The van der Waals surface area contributed by atoms with Crippen LogP contribution in [0.15, 0.2) is 173 Å². The molecule has 2 aromatic heterocycles. The Morgan fingerprint density at radius 1 is 0.319 bits per heavy atom. The van der Waals surface area contributed by atoms with Crippen LogP contribution >= 0.6 is 0 Å². The van der Waals surface area contributed by atoms with Crippen molar-refractivity contribution in [3.05, 3.63) is 164 Å². The van der Waals surface area contributed by atoms with Gasteiger partial charge in [-0.25, -0.2) is 0 Å². The van der Waals surface area contributed by atoms with Gasteiger partial charge in [0.15, 0.2) is 0 Å². The molecule has 0 amide bonds. The molecule has 0 atom stereocenters. The summed E-state index contributed by atoms with van der Waals surface area (Å²) in [6.07, 6.45) is 0. The Hall–Kier alpha value is -6.32. The van der Waals surface area contributed by atoms with Crippen molar-refractivity contribution < 1.29 is 8.83 Å². The lowest BCUT2D eigenvalue weighted by Crippen LogP contribution is -2.09. The Balaban J connectivity index is 1.17. The molecule has 3 heteroatoms. The van der Waals surface area contributed by atoms with E-state index in [1.54, 1.807) is 0 Å². The van der Waals surface area contributed by atoms with Crippen molar-refractivity contribution in [2.75, 3.05) is 4.90 Å². The molecule has 10 rings (SSSR count). The van der Waals surface area contributed by atoms with Gasteiger partial charge in [0.25, 0.3) is 0 Å². The third-order valence-electron chi connectivity index (χ3n) is 9.44. The van der Waals surface area contributed by atoms with Gasteiger partial charge in [-0.1, -0.05) is 97.1 Å². The van der Waals surface area contributed by atoms with E-state index in [1.807, 2.05) is 24.3 Å². The maximum Gasteiger partial charge on any atom is 0.135 e. The molecule has 2 heterocycles. The highest BCUT2D eigenvalue weighted by Gasteiger charge is 2.18. The highest BCUT2D eigenvalue weighted by molar-refractivity contribution is 6.14. The van der Waals surface area contributed by atoms with Crippen LogP contribution in [0.25, 0.3) is 76.5 Å². The Labute approximate surface area is 270 Å². The minimum atomic E-state index is 0.879. The normalized spacial score (nSPS) is 11.8. The molecule has 0 spiro atoms. The topological polar surface area (TPSA) is 29.5 Å². The zero-order chi connectivity index (χ0) is 30.9. The first-order chi connectivity index (χ1) is 23.3. The predicted molar refractivity (Wildman–Crippen MR) is 196 cm³/mol. The molecular formula is C44H27NO2. The van der Waals surface area contributed by atoms with Gasteiger partial charge in [0.05, 0.1) is 0 Å². The van der Waals surface area contributed by atoms with Crippen molar-refractivity contribution in [1.82, 2.24) is 0 Å². The minimum Gasteiger partial charge on any atom is -0.456 e. The van der Waals surface area contributed by atoms with Crippen LogP contribution in [0.4, 0.5) is 17.1 Å². The number of furan rings is 2. The van der Waals surface area contributed by atoms with Crippen molar-refractivity contribution in [1.29, 1.82) is 0 Å². The first kappa shape index (κ1) is 26.0. The average Bonchev–Trinajstić information content (AvgIpc) is 3.70. The van der Waals surface area contributed by atoms with Crippen molar-refractivity contribution in [3.8, 4) is 11.1 Å². The number of para-hydroxylation sites is 2. The SMILES string of the molecule is c1ccc2c(c1)cc(-c1ccc(N(c3ccc4oc5ccccc5c4c3)c3ccc4oc5ccccc5c4c3)cc1)c1ccccc12. The Bertz CT molecular complexity index is 2690. The smallest absolute Gasteiger partial charge is 0.135 e. The van der Waals surface area contributed by atoms with Crippen LogP contribution < -0.4 is 4.90 Å². The molecule has 220 valence electrons. The maximum absolute atomic E-state index is 6.19. The van der Waals surface area contributed by atoms with Crippen LogP contribution in [-0.4, -0.2) is 0 Å². The second-order valence-corrected chi connectivity index (χ2v) is 12.1. The molecule has 8 aromatic carbocycles. The minimum absolute atomic E-state index is 0.879. The van der Waals surface area contributed by atoms with Crippen molar-refractivity contribution in [2.45, 2.75) is 0 Å². The number of hydrogen-bond acceptors (Lipinski definition) is 3. The van der Waals surface area contributed by atoms with Crippen molar-refractivity contribution >= 4 is 82.5 Å². The van der Waals surface area contributed by atoms with Gasteiger partial charge in [0.2, 0.25) is 0 Å². The molecule has 3 nitrogen and oxygen atoms in total. The number of anilines is 3. The highest BCUT2D eigenvalue weighted by atomic mass is 16.3. The predicted octanol–water partition coefficient (Wildman–Crippen LogP) is 12.9. The van der Waals surface area contributed by atoms with Crippen LogP contribution in [0, 0.1) is 0 Å². The van der Waals surface area contributed by atoms with Crippen LogP contribution in [-0.2, 0) is 0 Å². The van der Waals surface area contributed by atoms with E-state index >= 15 is 0 Å². The Morgan fingerprint density at radius 2 is 0.787 bits per heavy atom. The molecule has 0 bridgehead atoms. The van der Waals surface area contributed by atoms with Crippen LogP contribution in [0.2, 0.25) is 0 Å². The summed E-state index contributed by atoms with van der Waals surface area (Å²) < 4.78 is 12.4. The lowest BCUT2D eigenvalue weighted by Gasteiger charge is -2.26. The first-order valence-electron chi connectivity index (χ1n) is 15.9. The summed E-state index contributed by atoms with van der Waals surface area (Å²) in [7, 11) is 0. The summed E-state index contributed by atoms with van der Waals surface area (Å²) in [6.45, 7) is 0. The summed E-state index contributed by atoms with van der Waals surface area (Å²) in [5, 5.41) is 9.46. The fraction of sp³-hybridized carbons (Fsp3) is 0. The Morgan fingerprint density at radius 3 is 1.40 bits per heavy atom. The van der Waals surface area contributed by atoms with E-state index in [0.717, 1.165) is 60.9 Å². The quantitative estimate of drug-likeness (QED) is 0.188. The molecule has 0 saturated heterocycles. The second-order valence-electron chi connectivity index (χ2n) is 12.1. The maximum atomic E-state index is 6.19. The molecule has 0 fully saturated rings. The summed E-state index contributed by atoms with van der Waals surface area (Å²) in [6, 6.07) is 58.0. The number of rotatable bonds is 4. The third-order valence-corrected chi connectivity index (χ3v) is 9.44. The largest absolute Gasteiger partial charge is 0.456 e. The molecule has 0 aliphatic rings. The van der Waals surface area contributed by atoms with Gasteiger partial charge in [-0.15, -0.1) is 0 Å². The fourth-order valence-electron chi connectivity index (χ4n) is 7.24. The molecule has 0 N–H and O–H groups in total. The van der Waals surface area contributed by atoms with E-state index in [4.69, 9.17) is 8.83 Å². The zero-order valence-electron chi connectivity index (χ0n) is 25.4. The average molecular weight is 602 g/mol. The second kappa shape index (κ2) is 10.1. The van der Waals surface area contributed by atoms with E-state index in [-0.39, 0.29) is 0 Å². The lowest BCUT2D eigenvalue weighted by molar-refractivity contribution is 0.668. The van der Waals surface area contributed by atoms with Gasteiger partial charge in [-0.05, 0) is 99.4 Å². The van der Waals surface area contributed by atoms with Crippen molar-refractivity contribution in [3.63, 3.8) is 0 Å². The lowest BCUT2D eigenvalue weighted by atomic mass is 9.93. The summed E-state index contributed by atoms with van der Waals surface area (Å²) in [5.41, 5.74) is 9.14. The third kappa shape index (κ3) is 4.07. The highest BCUT2D eigenvalue weighted by Crippen LogP contribution is 2.42. The first-order valence-corrected chi connectivity index (χ1v) is 15.9. The van der Waals surface area contributed by atoms with E-state index in [2.05, 4.69) is 144 Å². The number of hydrogen-bond donors (Lipinski definition) is 0. The van der Waals surface area contributed by atoms with Crippen LogP contribution in [0.5, 0.6) is 0 Å². The molecule has 0 radical (unpaired) electrons. The van der Waals surface area contributed by atoms with Gasteiger partial charge in [-0.2, -0.15) is 0 Å². The van der Waals surface area contributed by atoms with Crippen LogP contribution in [0.1, 0.15) is 0 Å². The van der Waals surface area contributed by atoms with E-state index in [0.29, 0.717) is 0 Å². The Kier molecular flexibility index (Phi) is 5.57. The van der Waals surface area contributed by atoms with E-state index < -0.39 is 0 Å². The molecule has 0 aliphatic carbocycles. The molecule has 0 unspecified atom stereocenters. The molecule has 0 saturated carbocycles. The van der Waals surface area contributed by atoms with Gasteiger partial charge >= 0.3 is 0 Å². The molecule has 10 aromatic rings. The van der Waals surface area contributed by atoms with E-state index in [1.165, 1.54) is 32.7 Å². The summed E-state index contributed by atoms with van der Waals surface area (Å²) in [5.74, 6) is 0. The molecule has 47 heavy (non-hydrogen) atoms. The monoisotopic (exact) mass is 601 g/mol. The molecule has 0 aliphatic heterocycles. The standard InChI is InChI=1S/C44H27NO2/c1-2-10-33-29(9-1)25-38(35-12-4-3-11-34(33)35)28-17-19-30(20-18-28)45(31-21-23-43-39(26-31)36-13-5-7-15-41(36)46-43)32-22-24-44-40(27-32)37-14-6-8-16-42(37)47-44/h1-27H.